The average molecular weight is 403 g/mol. The van der Waals surface area contributed by atoms with E-state index in [4.69, 9.17) is 4.74 Å². The van der Waals surface area contributed by atoms with E-state index in [2.05, 4.69) is 0 Å². The Hall–Kier alpha value is -2.14. The molecule has 1 atom stereocenters. The van der Waals surface area contributed by atoms with Crippen molar-refractivity contribution in [2.24, 2.45) is 5.41 Å². The van der Waals surface area contributed by atoms with Gasteiger partial charge in [0.25, 0.3) is 0 Å². The number of rotatable bonds is 10. The maximum absolute atomic E-state index is 13.2. The Bertz CT molecular complexity index is 901. The van der Waals surface area contributed by atoms with E-state index >= 15 is 0 Å². The highest BCUT2D eigenvalue weighted by molar-refractivity contribution is 7.91. The minimum absolute atomic E-state index is 0.165. The summed E-state index contributed by atoms with van der Waals surface area (Å²) >= 11 is 0. The summed E-state index contributed by atoms with van der Waals surface area (Å²) in [5.41, 5.74) is 1.91. The van der Waals surface area contributed by atoms with Crippen LogP contribution in [-0.2, 0) is 21.1 Å². The Morgan fingerprint density at radius 3 is 2.36 bits per heavy atom. The molecule has 0 spiro atoms. The molecule has 2 aromatic carbocycles. The maximum Gasteiger partial charge on any atom is 0.179 e. The lowest BCUT2D eigenvalue weighted by molar-refractivity contribution is -0.114. The Morgan fingerprint density at radius 1 is 1.11 bits per heavy atom. The van der Waals surface area contributed by atoms with E-state index in [0.717, 1.165) is 41.6 Å². The summed E-state index contributed by atoms with van der Waals surface area (Å²) in [7, 11) is -1.98. The molecule has 0 bridgehead atoms. The van der Waals surface area contributed by atoms with Crippen LogP contribution in [0.3, 0.4) is 0 Å². The molecular formula is C23H30O4S. The van der Waals surface area contributed by atoms with Crippen molar-refractivity contribution in [1.82, 2.24) is 0 Å². The SMILES string of the molecule is CCCCC(C)(C=O)CS(=O)(=O)c1ccc(C)cc1Cc1ccc(OC)cc1. The third kappa shape index (κ3) is 5.68. The van der Waals surface area contributed by atoms with Crippen LogP contribution in [-0.4, -0.2) is 27.6 Å². The van der Waals surface area contributed by atoms with Gasteiger partial charge in [-0.3, -0.25) is 0 Å². The zero-order valence-corrected chi connectivity index (χ0v) is 18.0. The first-order valence-electron chi connectivity index (χ1n) is 9.64. The molecule has 1 unspecified atom stereocenters. The lowest BCUT2D eigenvalue weighted by Crippen LogP contribution is -2.29. The number of carbonyl (C=O) groups is 1. The minimum Gasteiger partial charge on any atom is -0.497 e. The molecule has 0 N–H and O–H groups in total. The van der Waals surface area contributed by atoms with Gasteiger partial charge in [0.05, 0.1) is 17.8 Å². The highest BCUT2D eigenvalue weighted by atomic mass is 32.2. The summed E-state index contributed by atoms with van der Waals surface area (Å²) < 4.78 is 31.6. The van der Waals surface area contributed by atoms with Crippen molar-refractivity contribution in [3.8, 4) is 5.75 Å². The molecule has 28 heavy (non-hydrogen) atoms. The van der Waals surface area contributed by atoms with E-state index in [1.165, 1.54) is 0 Å². The molecule has 0 saturated carbocycles. The number of methoxy groups -OCH3 is 1. The van der Waals surface area contributed by atoms with Crippen LogP contribution in [0, 0.1) is 12.3 Å². The van der Waals surface area contributed by atoms with Gasteiger partial charge < -0.3 is 9.53 Å². The largest absolute Gasteiger partial charge is 0.497 e. The normalized spacial score (nSPS) is 13.7. The lowest BCUT2D eigenvalue weighted by Gasteiger charge is -2.23. The van der Waals surface area contributed by atoms with Gasteiger partial charge >= 0.3 is 0 Å². The van der Waals surface area contributed by atoms with E-state index in [1.54, 1.807) is 20.1 Å². The van der Waals surface area contributed by atoms with Gasteiger partial charge in [0, 0.05) is 5.41 Å². The number of ether oxygens (including phenoxy) is 1. The molecule has 0 aromatic heterocycles. The van der Waals surface area contributed by atoms with Gasteiger partial charge in [-0.05, 0) is 49.1 Å². The Labute approximate surface area is 168 Å². The monoisotopic (exact) mass is 402 g/mol. The third-order valence-corrected chi connectivity index (χ3v) is 7.12. The number of aldehydes is 1. The fraction of sp³-hybridized carbons (Fsp3) is 0.435. The van der Waals surface area contributed by atoms with Crippen molar-refractivity contribution >= 4 is 16.1 Å². The first-order chi connectivity index (χ1) is 13.2. The van der Waals surface area contributed by atoms with Gasteiger partial charge in [0.2, 0.25) is 0 Å². The first-order valence-corrected chi connectivity index (χ1v) is 11.3. The molecule has 0 fully saturated rings. The molecule has 0 aliphatic rings. The molecule has 0 saturated heterocycles. The molecule has 0 radical (unpaired) electrons. The quantitative estimate of drug-likeness (QED) is 0.538. The van der Waals surface area contributed by atoms with Crippen LogP contribution in [0.1, 0.15) is 49.8 Å². The van der Waals surface area contributed by atoms with Crippen molar-refractivity contribution in [2.75, 3.05) is 12.9 Å². The van der Waals surface area contributed by atoms with Crippen molar-refractivity contribution < 1.29 is 17.9 Å². The molecule has 0 heterocycles. The number of aryl methyl sites for hydroxylation is 1. The summed E-state index contributed by atoms with van der Waals surface area (Å²) in [6, 6.07) is 13.0. The van der Waals surface area contributed by atoms with Gasteiger partial charge in [0.1, 0.15) is 12.0 Å². The van der Waals surface area contributed by atoms with E-state index < -0.39 is 15.3 Å². The van der Waals surface area contributed by atoms with Gasteiger partial charge in [-0.15, -0.1) is 0 Å². The number of carbonyl (C=O) groups excluding carboxylic acids is 1. The number of sulfone groups is 1. The van der Waals surface area contributed by atoms with Crippen molar-refractivity contribution in [3.05, 3.63) is 59.2 Å². The van der Waals surface area contributed by atoms with E-state index in [0.29, 0.717) is 17.7 Å². The fourth-order valence-electron chi connectivity index (χ4n) is 3.37. The van der Waals surface area contributed by atoms with Crippen molar-refractivity contribution in [2.45, 2.75) is 51.3 Å². The zero-order valence-electron chi connectivity index (χ0n) is 17.2. The molecule has 0 amide bonds. The van der Waals surface area contributed by atoms with Crippen LogP contribution in [0.25, 0.3) is 0 Å². The lowest BCUT2D eigenvalue weighted by atomic mass is 9.89. The predicted molar refractivity (Wildman–Crippen MR) is 113 cm³/mol. The van der Waals surface area contributed by atoms with Crippen LogP contribution in [0.15, 0.2) is 47.4 Å². The van der Waals surface area contributed by atoms with Gasteiger partial charge in [0.15, 0.2) is 9.84 Å². The molecule has 0 aliphatic heterocycles. The van der Waals surface area contributed by atoms with E-state index in [1.807, 2.05) is 50.2 Å². The standard InChI is InChI=1S/C23H30O4S/c1-5-6-13-23(3,16-24)17-28(25,26)22-12-7-18(2)14-20(22)15-19-8-10-21(27-4)11-9-19/h7-12,14,16H,5-6,13,15,17H2,1-4H3. The molecule has 2 rings (SSSR count). The zero-order chi connectivity index (χ0) is 20.8. The van der Waals surface area contributed by atoms with Crippen LogP contribution < -0.4 is 4.74 Å². The maximum atomic E-state index is 13.2. The number of unbranched alkanes of at least 4 members (excludes halogenated alkanes) is 1. The second kappa shape index (κ2) is 9.37. The predicted octanol–water partition coefficient (Wildman–Crippen LogP) is 4.76. The highest BCUT2D eigenvalue weighted by Gasteiger charge is 2.32. The second-order valence-corrected chi connectivity index (χ2v) is 9.73. The van der Waals surface area contributed by atoms with Gasteiger partial charge in [-0.1, -0.05) is 56.5 Å². The van der Waals surface area contributed by atoms with Crippen LogP contribution in [0.4, 0.5) is 0 Å². The Morgan fingerprint density at radius 2 is 1.79 bits per heavy atom. The third-order valence-electron chi connectivity index (χ3n) is 5.01. The topological polar surface area (TPSA) is 60.4 Å². The summed E-state index contributed by atoms with van der Waals surface area (Å²) in [6.45, 7) is 5.72. The summed E-state index contributed by atoms with van der Waals surface area (Å²) in [5, 5.41) is 0. The van der Waals surface area contributed by atoms with E-state index in [9.17, 15) is 13.2 Å². The first kappa shape index (κ1) is 22.2. The summed E-state index contributed by atoms with van der Waals surface area (Å²) in [4.78, 5) is 12.0. The fourth-order valence-corrected chi connectivity index (χ4v) is 5.41. The number of benzene rings is 2. The molecule has 4 nitrogen and oxygen atoms in total. The highest BCUT2D eigenvalue weighted by Crippen LogP contribution is 2.30. The summed E-state index contributed by atoms with van der Waals surface area (Å²) in [5.74, 6) is 0.598. The van der Waals surface area contributed by atoms with Crippen LogP contribution in [0.5, 0.6) is 5.75 Å². The van der Waals surface area contributed by atoms with Crippen molar-refractivity contribution in [1.29, 1.82) is 0 Å². The molecule has 152 valence electrons. The minimum atomic E-state index is -3.60. The Balaban J connectivity index is 2.37. The second-order valence-electron chi connectivity index (χ2n) is 7.77. The average Bonchev–Trinajstić information content (AvgIpc) is 2.66. The smallest absolute Gasteiger partial charge is 0.179 e. The summed E-state index contributed by atoms with van der Waals surface area (Å²) in [6.07, 6.45) is 3.64. The molecule has 2 aromatic rings. The number of hydrogen-bond acceptors (Lipinski definition) is 4. The number of hydrogen-bond donors (Lipinski definition) is 0. The van der Waals surface area contributed by atoms with E-state index in [-0.39, 0.29) is 5.75 Å². The Kier molecular flexibility index (Phi) is 7.41. The van der Waals surface area contributed by atoms with Crippen LogP contribution in [0.2, 0.25) is 0 Å². The van der Waals surface area contributed by atoms with Gasteiger partial charge in [-0.25, -0.2) is 8.42 Å². The van der Waals surface area contributed by atoms with Crippen molar-refractivity contribution in [3.63, 3.8) is 0 Å². The molecular weight excluding hydrogens is 372 g/mol. The molecule has 0 aliphatic carbocycles. The van der Waals surface area contributed by atoms with Gasteiger partial charge in [-0.2, -0.15) is 0 Å². The molecule has 5 heteroatoms. The van der Waals surface area contributed by atoms with Crippen LogP contribution >= 0.6 is 0 Å².